The molecule has 2 aromatic carbocycles. The monoisotopic (exact) mass is 596 g/mol. The van der Waals surface area contributed by atoms with Crippen LogP contribution in [0.3, 0.4) is 0 Å². The summed E-state index contributed by atoms with van der Waals surface area (Å²) in [5, 5.41) is 61.5. The Morgan fingerprint density at radius 1 is 0.810 bits per heavy atom. The van der Waals surface area contributed by atoms with Gasteiger partial charge in [-0.05, 0) is 12.1 Å². The Labute approximate surface area is 237 Å². The zero-order valence-corrected chi connectivity index (χ0v) is 22.8. The van der Waals surface area contributed by atoms with Crippen LogP contribution < -0.4 is 24.4 Å². The number of ether oxygens (including phenoxy) is 7. The number of rotatable bonds is 8. The van der Waals surface area contributed by atoms with E-state index in [1.54, 1.807) is 12.1 Å². The molecule has 0 spiro atoms. The molecular formula is C27H32O15. The van der Waals surface area contributed by atoms with Gasteiger partial charge in [0.25, 0.3) is 0 Å². The highest BCUT2D eigenvalue weighted by atomic mass is 16.7. The number of methoxy groups -OCH3 is 3. The summed E-state index contributed by atoms with van der Waals surface area (Å²) in [6, 6.07) is 6.07. The molecule has 2 aliphatic rings. The molecule has 15 heteroatoms. The van der Waals surface area contributed by atoms with E-state index in [1.165, 1.54) is 33.5 Å². The molecule has 15 nitrogen and oxygen atoms in total. The Morgan fingerprint density at radius 3 is 2.21 bits per heavy atom. The molecule has 9 unspecified atom stereocenters. The highest BCUT2D eigenvalue weighted by Crippen LogP contribution is 2.43. The fourth-order valence-corrected chi connectivity index (χ4v) is 4.93. The Bertz CT molecular complexity index is 1470. The zero-order chi connectivity index (χ0) is 30.3. The van der Waals surface area contributed by atoms with Crippen LogP contribution in [0.25, 0.3) is 21.9 Å². The summed E-state index contributed by atoms with van der Waals surface area (Å²) in [5.74, 6) is 0.317. The van der Waals surface area contributed by atoms with Crippen LogP contribution in [-0.2, 0) is 14.2 Å². The normalized spacial score (nSPS) is 31.7. The van der Waals surface area contributed by atoms with Crippen LogP contribution in [0, 0.1) is 0 Å². The van der Waals surface area contributed by atoms with Crippen molar-refractivity contribution >= 4 is 21.9 Å². The second-order valence-corrected chi connectivity index (χ2v) is 9.80. The van der Waals surface area contributed by atoms with Crippen molar-refractivity contribution in [3.05, 3.63) is 34.5 Å². The van der Waals surface area contributed by atoms with E-state index in [0.29, 0.717) is 5.75 Å². The molecule has 6 N–H and O–H groups in total. The zero-order valence-electron chi connectivity index (χ0n) is 22.8. The molecule has 230 valence electrons. The summed E-state index contributed by atoms with van der Waals surface area (Å²) in [4.78, 5) is 13.7. The molecule has 2 saturated heterocycles. The standard InChI is InChI=1S/C27H32O15/c1-35-12-6-4-5-10-17(29)16-13(7-14(36-2)24(37-3)25(16)42-23(10)12)40-27-22(34)20(32)19(31)15(41-27)9-39-26-21(33)18(30)11(28)8-38-26/h4-7,11,15,18-22,26-28,30-34H,8-9H2,1-3H3. The third-order valence-corrected chi connectivity index (χ3v) is 7.25. The van der Waals surface area contributed by atoms with Crippen LogP contribution in [-0.4, -0.2) is 120 Å². The van der Waals surface area contributed by atoms with E-state index in [9.17, 15) is 35.4 Å². The Kier molecular flexibility index (Phi) is 8.75. The molecule has 2 aliphatic heterocycles. The minimum absolute atomic E-state index is 0.0520. The third-order valence-electron chi connectivity index (χ3n) is 7.25. The lowest BCUT2D eigenvalue weighted by atomic mass is 9.99. The van der Waals surface area contributed by atoms with Crippen LogP contribution in [0.4, 0.5) is 0 Å². The van der Waals surface area contributed by atoms with E-state index < -0.39 is 67.3 Å². The van der Waals surface area contributed by atoms with Gasteiger partial charge in [-0.25, -0.2) is 0 Å². The van der Waals surface area contributed by atoms with Crippen molar-refractivity contribution in [1.82, 2.24) is 0 Å². The van der Waals surface area contributed by atoms with Gasteiger partial charge >= 0.3 is 0 Å². The van der Waals surface area contributed by atoms with Crippen molar-refractivity contribution in [3.63, 3.8) is 0 Å². The molecule has 42 heavy (non-hydrogen) atoms. The molecule has 0 radical (unpaired) electrons. The van der Waals surface area contributed by atoms with E-state index in [0.717, 1.165) is 0 Å². The van der Waals surface area contributed by atoms with Crippen molar-refractivity contribution in [2.24, 2.45) is 0 Å². The molecule has 3 heterocycles. The van der Waals surface area contributed by atoms with Gasteiger partial charge < -0.3 is 68.2 Å². The molecule has 3 aromatic rings. The first-order valence-corrected chi connectivity index (χ1v) is 12.9. The van der Waals surface area contributed by atoms with Gasteiger partial charge in [-0.15, -0.1) is 0 Å². The number of hydrogen-bond acceptors (Lipinski definition) is 15. The predicted octanol–water partition coefficient (Wildman–Crippen LogP) is -1.39. The summed E-state index contributed by atoms with van der Waals surface area (Å²) >= 11 is 0. The first kappa shape index (κ1) is 30.2. The van der Waals surface area contributed by atoms with Crippen molar-refractivity contribution in [3.8, 4) is 23.0 Å². The van der Waals surface area contributed by atoms with Crippen LogP contribution >= 0.6 is 0 Å². The maximum Gasteiger partial charge on any atom is 0.229 e. The average molecular weight is 597 g/mol. The molecule has 0 saturated carbocycles. The lowest BCUT2D eigenvalue weighted by Crippen LogP contribution is -2.61. The fourth-order valence-electron chi connectivity index (χ4n) is 4.93. The molecule has 1 aromatic heterocycles. The van der Waals surface area contributed by atoms with E-state index in [4.69, 9.17) is 37.6 Å². The molecule has 0 amide bonds. The number of hydrogen-bond donors (Lipinski definition) is 6. The first-order chi connectivity index (χ1) is 20.1. The van der Waals surface area contributed by atoms with E-state index in [2.05, 4.69) is 0 Å². The van der Waals surface area contributed by atoms with Gasteiger partial charge in [0.15, 0.2) is 29.0 Å². The van der Waals surface area contributed by atoms with E-state index in [-0.39, 0.29) is 45.8 Å². The maximum absolute atomic E-state index is 13.7. The molecule has 9 atom stereocenters. The molecule has 0 aliphatic carbocycles. The molecular weight excluding hydrogens is 564 g/mol. The van der Waals surface area contributed by atoms with Gasteiger partial charge in [0.1, 0.15) is 53.9 Å². The van der Waals surface area contributed by atoms with Crippen LogP contribution in [0.2, 0.25) is 0 Å². The molecule has 2 fully saturated rings. The van der Waals surface area contributed by atoms with Crippen molar-refractivity contribution in [1.29, 1.82) is 0 Å². The van der Waals surface area contributed by atoms with Gasteiger partial charge in [0, 0.05) is 6.07 Å². The largest absolute Gasteiger partial charge is 0.493 e. The summed E-state index contributed by atoms with van der Waals surface area (Å²) in [5.41, 5.74) is -0.440. The SMILES string of the molecule is COc1cc(OC2OC(COC3OCC(O)C(O)C3O)C(O)C(O)C2O)c2c(=O)c3cccc(OC)c3oc2c1OC. The summed E-state index contributed by atoms with van der Waals surface area (Å²) in [7, 11) is 4.13. The lowest BCUT2D eigenvalue weighted by Gasteiger charge is -2.41. The smallest absolute Gasteiger partial charge is 0.229 e. The van der Waals surface area contributed by atoms with Crippen molar-refractivity contribution in [2.75, 3.05) is 34.5 Å². The molecule has 0 bridgehead atoms. The van der Waals surface area contributed by atoms with Gasteiger partial charge in [-0.2, -0.15) is 0 Å². The van der Waals surface area contributed by atoms with Gasteiger partial charge in [-0.3, -0.25) is 4.79 Å². The highest BCUT2D eigenvalue weighted by Gasteiger charge is 2.46. The minimum atomic E-state index is -1.79. The lowest BCUT2D eigenvalue weighted by molar-refractivity contribution is -0.307. The minimum Gasteiger partial charge on any atom is -0.493 e. The van der Waals surface area contributed by atoms with E-state index >= 15 is 0 Å². The number of benzene rings is 2. The van der Waals surface area contributed by atoms with Gasteiger partial charge in [-0.1, -0.05) is 6.07 Å². The Balaban J connectivity index is 1.49. The van der Waals surface area contributed by atoms with Crippen LogP contribution in [0.15, 0.2) is 33.5 Å². The fraction of sp³-hybridized carbons (Fsp3) is 0.519. The highest BCUT2D eigenvalue weighted by molar-refractivity contribution is 5.99. The number of fused-ring (bicyclic) bond motifs is 2. The Morgan fingerprint density at radius 2 is 1.52 bits per heavy atom. The summed E-state index contributed by atoms with van der Waals surface area (Å²) < 4.78 is 44.6. The second-order valence-electron chi connectivity index (χ2n) is 9.80. The maximum atomic E-state index is 13.7. The second kappa shape index (κ2) is 12.2. The van der Waals surface area contributed by atoms with Gasteiger partial charge in [0.2, 0.25) is 17.5 Å². The van der Waals surface area contributed by atoms with Gasteiger partial charge in [0.05, 0.1) is 39.9 Å². The number of para-hydroxylation sites is 1. The molecule has 5 rings (SSSR count). The predicted molar refractivity (Wildman–Crippen MR) is 141 cm³/mol. The van der Waals surface area contributed by atoms with Crippen molar-refractivity contribution in [2.45, 2.75) is 55.3 Å². The van der Waals surface area contributed by atoms with Crippen LogP contribution in [0.5, 0.6) is 23.0 Å². The number of aliphatic hydroxyl groups is 6. The summed E-state index contributed by atoms with van der Waals surface area (Å²) in [6.45, 7) is -0.811. The third kappa shape index (κ3) is 5.23. The summed E-state index contributed by atoms with van der Waals surface area (Å²) in [6.07, 6.45) is -14.1. The Hall–Kier alpha value is -3.25. The quantitative estimate of drug-likeness (QED) is 0.165. The number of aliphatic hydroxyl groups excluding tert-OH is 6. The first-order valence-electron chi connectivity index (χ1n) is 12.9. The van der Waals surface area contributed by atoms with E-state index in [1.807, 2.05) is 0 Å². The van der Waals surface area contributed by atoms with Crippen LogP contribution in [0.1, 0.15) is 0 Å². The average Bonchev–Trinajstić information content (AvgIpc) is 2.99. The van der Waals surface area contributed by atoms with Crippen molar-refractivity contribution < 1.29 is 68.2 Å². The topological polar surface area (TPSA) is 216 Å².